The molecule has 1 aliphatic carbocycles. The number of carboxylic acid groups (broad SMARTS) is 1. The first-order valence-corrected chi connectivity index (χ1v) is 7.40. The van der Waals surface area contributed by atoms with E-state index < -0.39 is 12.0 Å². The van der Waals surface area contributed by atoms with Crippen molar-refractivity contribution in [3.63, 3.8) is 0 Å². The highest BCUT2D eigenvalue weighted by Crippen LogP contribution is 2.18. The molecular weight excluding hydrogens is 274 g/mol. The topological polar surface area (TPSA) is 98.7 Å². The van der Waals surface area contributed by atoms with Crippen LogP contribution in [0.15, 0.2) is 0 Å². The molecule has 7 nitrogen and oxygen atoms in total. The Morgan fingerprint density at radius 2 is 1.86 bits per heavy atom. The van der Waals surface area contributed by atoms with Gasteiger partial charge in [0.2, 0.25) is 5.91 Å². The number of carboxylic acids is 1. The fourth-order valence-corrected chi connectivity index (χ4v) is 1.88. The van der Waals surface area contributed by atoms with Crippen LogP contribution in [0.3, 0.4) is 0 Å². The van der Waals surface area contributed by atoms with E-state index in [4.69, 9.17) is 5.11 Å². The van der Waals surface area contributed by atoms with Crippen LogP contribution in [-0.2, 0) is 9.59 Å². The summed E-state index contributed by atoms with van der Waals surface area (Å²) in [7, 11) is 0. The first-order valence-electron chi connectivity index (χ1n) is 7.40. The molecular formula is C14H25N3O4. The van der Waals surface area contributed by atoms with Crippen molar-refractivity contribution < 1.29 is 19.5 Å². The lowest BCUT2D eigenvalue weighted by Crippen LogP contribution is -2.52. The van der Waals surface area contributed by atoms with Gasteiger partial charge in [0.05, 0.1) is 0 Å². The van der Waals surface area contributed by atoms with Gasteiger partial charge in [-0.25, -0.2) is 4.79 Å². The zero-order valence-electron chi connectivity index (χ0n) is 12.9. The Bertz CT molecular complexity index is 394. The molecule has 0 radical (unpaired) electrons. The van der Waals surface area contributed by atoms with Crippen LogP contribution < -0.4 is 10.6 Å². The average Bonchev–Trinajstić information content (AvgIpc) is 3.17. The number of urea groups is 1. The van der Waals surface area contributed by atoms with Crippen LogP contribution in [-0.4, -0.2) is 52.6 Å². The molecule has 0 heterocycles. The molecule has 0 aromatic rings. The highest BCUT2D eigenvalue weighted by atomic mass is 16.4. The third kappa shape index (κ3) is 6.46. The number of hydrogen-bond donors (Lipinski definition) is 3. The zero-order chi connectivity index (χ0) is 16.0. The summed E-state index contributed by atoms with van der Waals surface area (Å²) in [5.41, 5.74) is 0. The van der Waals surface area contributed by atoms with Gasteiger partial charge in [0.15, 0.2) is 0 Å². The van der Waals surface area contributed by atoms with E-state index in [0.29, 0.717) is 13.0 Å². The third-order valence-electron chi connectivity index (χ3n) is 3.33. The fraction of sp³-hybridized carbons (Fsp3) is 0.786. The van der Waals surface area contributed by atoms with Crippen molar-refractivity contribution in [3.05, 3.63) is 0 Å². The minimum absolute atomic E-state index is 0.0220. The number of carbonyl (C=O) groups excluding carboxylic acids is 2. The second-order valence-electron chi connectivity index (χ2n) is 5.74. The standard InChI is InChI=1S/C14H25N3O4/c1-9(2)17(8-4-5-12(18)19)14(21)15-10(3)13(20)16-11-6-7-11/h9-11H,4-8H2,1-3H3,(H,15,21)(H,16,20)(H,18,19). The molecule has 21 heavy (non-hydrogen) atoms. The summed E-state index contributed by atoms with van der Waals surface area (Å²) in [5, 5.41) is 14.1. The van der Waals surface area contributed by atoms with Crippen LogP contribution in [0.2, 0.25) is 0 Å². The van der Waals surface area contributed by atoms with E-state index in [1.54, 1.807) is 11.8 Å². The predicted octanol–water partition coefficient (Wildman–Crippen LogP) is 0.938. The smallest absolute Gasteiger partial charge is 0.318 e. The summed E-state index contributed by atoms with van der Waals surface area (Å²) >= 11 is 0. The van der Waals surface area contributed by atoms with E-state index >= 15 is 0 Å². The molecule has 1 aliphatic rings. The van der Waals surface area contributed by atoms with Gasteiger partial charge in [-0.3, -0.25) is 9.59 Å². The van der Waals surface area contributed by atoms with E-state index in [-0.39, 0.29) is 30.4 Å². The van der Waals surface area contributed by atoms with Crippen molar-refractivity contribution in [1.29, 1.82) is 0 Å². The van der Waals surface area contributed by atoms with E-state index in [0.717, 1.165) is 12.8 Å². The average molecular weight is 299 g/mol. The molecule has 7 heteroatoms. The SMILES string of the molecule is CC(NC(=O)N(CCCC(=O)O)C(C)C)C(=O)NC1CC1. The van der Waals surface area contributed by atoms with Crippen molar-refractivity contribution in [2.75, 3.05) is 6.54 Å². The van der Waals surface area contributed by atoms with Crippen LogP contribution >= 0.6 is 0 Å². The molecule has 0 aliphatic heterocycles. The van der Waals surface area contributed by atoms with Gasteiger partial charge in [-0.1, -0.05) is 0 Å². The zero-order valence-corrected chi connectivity index (χ0v) is 12.9. The molecule has 3 amide bonds. The molecule has 120 valence electrons. The summed E-state index contributed by atoms with van der Waals surface area (Å²) in [6.45, 7) is 5.71. The number of aliphatic carboxylic acids is 1. The maximum absolute atomic E-state index is 12.2. The van der Waals surface area contributed by atoms with E-state index in [9.17, 15) is 14.4 Å². The quantitative estimate of drug-likeness (QED) is 0.621. The van der Waals surface area contributed by atoms with E-state index in [1.165, 1.54) is 0 Å². The summed E-state index contributed by atoms with van der Waals surface area (Å²) in [6.07, 6.45) is 2.41. The Morgan fingerprint density at radius 1 is 1.24 bits per heavy atom. The van der Waals surface area contributed by atoms with Crippen molar-refractivity contribution >= 4 is 17.9 Å². The first-order chi connectivity index (χ1) is 9.81. The molecule has 0 bridgehead atoms. The van der Waals surface area contributed by atoms with Gasteiger partial charge in [0.25, 0.3) is 0 Å². The van der Waals surface area contributed by atoms with Crippen LogP contribution in [0, 0.1) is 0 Å². The molecule has 0 saturated heterocycles. The van der Waals surface area contributed by atoms with E-state index in [1.807, 2.05) is 13.8 Å². The molecule has 1 atom stereocenters. The van der Waals surface area contributed by atoms with Crippen molar-refractivity contribution in [2.24, 2.45) is 0 Å². The summed E-state index contributed by atoms with van der Waals surface area (Å²) in [4.78, 5) is 36.0. The number of nitrogens with zero attached hydrogens (tertiary/aromatic N) is 1. The fourth-order valence-electron chi connectivity index (χ4n) is 1.88. The van der Waals surface area contributed by atoms with Crippen LogP contribution in [0.5, 0.6) is 0 Å². The minimum atomic E-state index is -0.878. The lowest BCUT2D eigenvalue weighted by molar-refractivity contribution is -0.137. The lowest BCUT2D eigenvalue weighted by Gasteiger charge is -2.28. The summed E-state index contributed by atoms with van der Waals surface area (Å²) in [6, 6.07) is -0.737. The van der Waals surface area contributed by atoms with Crippen molar-refractivity contribution in [1.82, 2.24) is 15.5 Å². The van der Waals surface area contributed by atoms with Gasteiger partial charge < -0.3 is 20.6 Å². The normalized spacial score (nSPS) is 15.4. The maximum Gasteiger partial charge on any atom is 0.318 e. The number of hydrogen-bond acceptors (Lipinski definition) is 3. The van der Waals surface area contributed by atoms with Gasteiger partial charge >= 0.3 is 12.0 Å². The van der Waals surface area contributed by atoms with Gasteiger partial charge in [0.1, 0.15) is 6.04 Å². The third-order valence-corrected chi connectivity index (χ3v) is 3.33. The molecule has 0 spiro atoms. The summed E-state index contributed by atoms with van der Waals surface area (Å²) in [5.74, 6) is -1.06. The number of rotatable bonds is 8. The Hall–Kier alpha value is -1.79. The number of carbonyl (C=O) groups is 3. The Morgan fingerprint density at radius 3 is 2.33 bits per heavy atom. The Balaban J connectivity index is 2.43. The highest BCUT2D eigenvalue weighted by molar-refractivity contribution is 5.87. The Labute approximate surface area is 125 Å². The maximum atomic E-state index is 12.2. The van der Waals surface area contributed by atoms with Gasteiger partial charge in [-0.05, 0) is 40.0 Å². The molecule has 1 unspecified atom stereocenters. The van der Waals surface area contributed by atoms with Gasteiger partial charge in [-0.2, -0.15) is 0 Å². The van der Waals surface area contributed by atoms with Crippen LogP contribution in [0.1, 0.15) is 46.5 Å². The van der Waals surface area contributed by atoms with Crippen molar-refractivity contribution in [2.45, 2.75) is 64.6 Å². The molecule has 1 fully saturated rings. The lowest BCUT2D eigenvalue weighted by atomic mass is 10.2. The molecule has 3 N–H and O–H groups in total. The van der Waals surface area contributed by atoms with Crippen LogP contribution in [0.4, 0.5) is 4.79 Å². The van der Waals surface area contributed by atoms with Crippen molar-refractivity contribution in [3.8, 4) is 0 Å². The monoisotopic (exact) mass is 299 g/mol. The van der Waals surface area contributed by atoms with E-state index in [2.05, 4.69) is 10.6 Å². The van der Waals surface area contributed by atoms with Gasteiger partial charge in [0, 0.05) is 25.0 Å². The molecule has 0 aromatic heterocycles. The molecule has 0 aromatic carbocycles. The number of nitrogens with one attached hydrogen (secondary N) is 2. The molecule has 1 saturated carbocycles. The largest absolute Gasteiger partial charge is 0.481 e. The summed E-state index contributed by atoms with van der Waals surface area (Å²) < 4.78 is 0. The highest BCUT2D eigenvalue weighted by Gasteiger charge is 2.27. The van der Waals surface area contributed by atoms with Crippen LogP contribution in [0.25, 0.3) is 0 Å². The van der Waals surface area contributed by atoms with Gasteiger partial charge in [-0.15, -0.1) is 0 Å². The molecule has 1 rings (SSSR count). The first kappa shape index (κ1) is 17.3. The second kappa shape index (κ2) is 7.85. The minimum Gasteiger partial charge on any atom is -0.481 e. The number of amides is 3. The predicted molar refractivity (Wildman–Crippen MR) is 77.9 cm³/mol. The second-order valence-corrected chi connectivity index (χ2v) is 5.74. The Kier molecular flexibility index (Phi) is 6.45.